The second-order valence-electron chi connectivity index (χ2n) is 9.22. The summed E-state index contributed by atoms with van der Waals surface area (Å²) in [6.07, 6.45) is 1.63. The fourth-order valence-corrected chi connectivity index (χ4v) is 5.03. The van der Waals surface area contributed by atoms with Crippen molar-refractivity contribution in [2.45, 2.75) is 6.61 Å². The van der Waals surface area contributed by atoms with E-state index in [2.05, 4.69) is 4.74 Å². The molecule has 0 radical (unpaired) electrons. The lowest BCUT2D eigenvalue weighted by atomic mass is 9.87. The molecule has 1 aromatic heterocycles. The van der Waals surface area contributed by atoms with E-state index in [1.165, 1.54) is 31.0 Å². The molecule has 0 N–H and O–H groups in total. The van der Waals surface area contributed by atoms with Crippen LogP contribution >= 0.6 is 0 Å². The summed E-state index contributed by atoms with van der Waals surface area (Å²) >= 11 is 0. The minimum Gasteiger partial charge on any atom is -0.493 e. The highest BCUT2D eigenvalue weighted by Crippen LogP contribution is 2.40. The van der Waals surface area contributed by atoms with Crippen molar-refractivity contribution in [1.29, 1.82) is 0 Å². The summed E-state index contributed by atoms with van der Waals surface area (Å²) in [5, 5.41) is 5.32. The molecule has 41 heavy (non-hydrogen) atoms. The fraction of sp³-hybridized carbons (Fsp3) is 0.0938. The molecule has 0 bridgehead atoms. The molecule has 0 saturated heterocycles. The average molecular weight is 553 g/mol. The second-order valence-corrected chi connectivity index (χ2v) is 9.22. The number of carbonyl (C=O) groups is 2. The van der Waals surface area contributed by atoms with Gasteiger partial charge in [-0.05, 0) is 47.5 Å². The van der Waals surface area contributed by atoms with Gasteiger partial charge in [0.1, 0.15) is 11.4 Å². The van der Waals surface area contributed by atoms with Crippen LogP contribution in [0.15, 0.2) is 84.9 Å². The van der Waals surface area contributed by atoms with Crippen molar-refractivity contribution in [3.05, 3.63) is 107 Å². The van der Waals surface area contributed by atoms with Crippen molar-refractivity contribution in [3.8, 4) is 28.5 Å². The Bertz CT molecular complexity index is 1860. The van der Waals surface area contributed by atoms with Crippen LogP contribution in [0.1, 0.15) is 31.8 Å². The SMILES string of the molecule is COc1ccc(/C(=C/c2ccc(OC(F)F)cc2)C(=O)n2nc3c4c(cccc42)C(=O)c2ccccc2-3)cc1OC. The van der Waals surface area contributed by atoms with Gasteiger partial charge in [-0.1, -0.05) is 54.6 Å². The first-order valence-electron chi connectivity index (χ1n) is 12.6. The van der Waals surface area contributed by atoms with Gasteiger partial charge in [0.05, 0.1) is 19.7 Å². The van der Waals surface area contributed by atoms with Crippen LogP contribution in [-0.2, 0) is 0 Å². The van der Waals surface area contributed by atoms with Gasteiger partial charge in [-0.25, -0.2) is 0 Å². The Kier molecular flexibility index (Phi) is 6.55. The Labute approximate surface area is 233 Å². The minimum absolute atomic E-state index is 0.00638. The molecule has 0 spiro atoms. The van der Waals surface area contributed by atoms with Gasteiger partial charge in [0.25, 0.3) is 5.91 Å². The number of ether oxygens (including phenoxy) is 3. The van der Waals surface area contributed by atoms with Gasteiger partial charge >= 0.3 is 6.61 Å². The molecule has 9 heteroatoms. The predicted octanol–water partition coefficient (Wildman–Crippen LogP) is 6.75. The van der Waals surface area contributed by atoms with Gasteiger partial charge in [-0.2, -0.15) is 18.6 Å². The lowest BCUT2D eigenvalue weighted by Crippen LogP contribution is -2.14. The second kappa shape index (κ2) is 10.3. The number of benzene rings is 4. The molecule has 1 aliphatic rings. The fourth-order valence-electron chi connectivity index (χ4n) is 5.03. The van der Waals surface area contributed by atoms with E-state index < -0.39 is 12.5 Å². The van der Waals surface area contributed by atoms with Crippen LogP contribution in [-0.4, -0.2) is 42.3 Å². The van der Waals surface area contributed by atoms with Gasteiger partial charge in [0.2, 0.25) is 0 Å². The van der Waals surface area contributed by atoms with E-state index in [9.17, 15) is 18.4 Å². The normalized spacial score (nSPS) is 12.4. The van der Waals surface area contributed by atoms with E-state index >= 15 is 0 Å². The van der Waals surface area contributed by atoms with E-state index in [1.54, 1.807) is 66.7 Å². The van der Waals surface area contributed by atoms with E-state index in [1.807, 2.05) is 12.1 Å². The summed E-state index contributed by atoms with van der Waals surface area (Å²) in [5.74, 6) is 0.287. The third kappa shape index (κ3) is 4.51. The number of methoxy groups -OCH3 is 2. The summed E-state index contributed by atoms with van der Waals surface area (Å²) in [6, 6.07) is 23.4. The molecule has 0 amide bonds. The summed E-state index contributed by atoms with van der Waals surface area (Å²) in [5.41, 5.74) is 3.98. The van der Waals surface area contributed by atoms with E-state index in [0.717, 1.165) is 0 Å². The number of nitrogens with zero attached hydrogens (tertiary/aromatic N) is 2. The van der Waals surface area contributed by atoms with E-state index in [4.69, 9.17) is 14.6 Å². The zero-order chi connectivity index (χ0) is 28.7. The van der Waals surface area contributed by atoms with Crippen molar-refractivity contribution >= 4 is 34.2 Å². The van der Waals surface area contributed by atoms with E-state index in [0.29, 0.717) is 55.9 Å². The highest BCUT2D eigenvalue weighted by atomic mass is 19.3. The number of halogens is 2. The minimum atomic E-state index is -2.95. The van der Waals surface area contributed by atoms with Crippen LogP contribution in [0, 0.1) is 0 Å². The van der Waals surface area contributed by atoms with Crippen molar-refractivity contribution in [1.82, 2.24) is 9.78 Å². The number of hydrogen-bond donors (Lipinski definition) is 0. The molecule has 0 unspecified atom stereocenters. The van der Waals surface area contributed by atoms with Gasteiger partial charge in [0.15, 0.2) is 17.3 Å². The molecule has 0 fully saturated rings. The van der Waals surface area contributed by atoms with Crippen LogP contribution in [0.25, 0.3) is 33.8 Å². The highest BCUT2D eigenvalue weighted by Gasteiger charge is 2.30. The largest absolute Gasteiger partial charge is 0.493 e. The van der Waals surface area contributed by atoms with Crippen LogP contribution < -0.4 is 14.2 Å². The smallest absolute Gasteiger partial charge is 0.387 e. The third-order valence-electron chi connectivity index (χ3n) is 6.91. The molecule has 1 aliphatic carbocycles. The molecule has 5 aromatic rings. The molecule has 0 saturated carbocycles. The Hall–Kier alpha value is -5.31. The number of alkyl halides is 2. The van der Waals surface area contributed by atoms with Gasteiger partial charge in [-0.15, -0.1) is 0 Å². The number of allylic oxidation sites excluding steroid dienone is 1. The van der Waals surface area contributed by atoms with Crippen molar-refractivity contribution in [2.75, 3.05) is 14.2 Å². The van der Waals surface area contributed by atoms with Gasteiger partial charge in [-0.3, -0.25) is 9.59 Å². The maximum Gasteiger partial charge on any atom is 0.387 e. The molecule has 7 nitrogen and oxygen atoms in total. The molecule has 1 heterocycles. The lowest BCUT2D eigenvalue weighted by Gasteiger charge is -2.13. The first-order valence-corrected chi connectivity index (χ1v) is 12.6. The molecule has 6 rings (SSSR count). The molecular formula is C32H22F2N2O5. The van der Waals surface area contributed by atoms with Crippen molar-refractivity contribution in [3.63, 3.8) is 0 Å². The van der Waals surface area contributed by atoms with E-state index in [-0.39, 0.29) is 17.1 Å². The summed E-state index contributed by atoms with van der Waals surface area (Å²) in [4.78, 5) is 27.6. The number of aromatic nitrogens is 2. The summed E-state index contributed by atoms with van der Waals surface area (Å²) in [6.45, 7) is -2.95. The zero-order valence-corrected chi connectivity index (χ0v) is 21.9. The number of ketones is 1. The lowest BCUT2D eigenvalue weighted by molar-refractivity contribution is -0.0498. The van der Waals surface area contributed by atoms with Crippen molar-refractivity contribution in [2.24, 2.45) is 0 Å². The third-order valence-corrected chi connectivity index (χ3v) is 6.91. The number of rotatable bonds is 7. The molecular weight excluding hydrogens is 530 g/mol. The first-order chi connectivity index (χ1) is 19.9. The molecule has 0 atom stereocenters. The maximum absolute atomic E-state index is 14.3. The van der Waals surface area contributed by atoms with Gasteiger partial charge < -0.3 is 14.2 Å². The quantitative estimate of drug-likeness (QED) is 0.161. The Morgan fingerprint density at radius 3 is 2.27 bits per heavy atom. The van der Waals surface area contributed by atoms with Gasteiger partial charge in [0, 0.05) is 27.6 Å². The summed E-state index contributed by atoms with van der Waals surface area (Å²) < 4.78 is 41.9. The van der Waals surface area contributed by atoms with Crippen LogP contribution in [0.2, 0.25) is 0 Å². The molecule has 0 aliphatic heterocycles. The number of carbonyl (C=O) groups excluding carboxylic acids is 2. The standard InChI is InChI=1S/C32H22F2N2O5/c1-39-26-15-12-19(17-27(26)40-2)24(16-18-10-13-20(14-11-18)41-32(33)34)31(38)36-25-9-5-8-23-28(25)29(35-36)21-6-3-4-7-22(21)30(23)37/h3-17,32H,1-2H3/b24-16-. The Morgan fingerprint density at radius 2 is 1.56 bits per heavy atom. The predicted molar refractivity (Wildman–Crippen MR) is 150 cm³/mol. The van der Waals surface area contributed by atoms with Crippen LogP contribution in [0.4, 0.5) is 8.78 Å². The monoisotopic (exact) mass is 552 g/mol. The highest BCUT2D eigenvalue weighted by molar-refractivity contribution is 6.29. The van der Waals surface area contributed by atoms with Crippen LogP contribution in [0.3, 0.4) is 0 Å². The van der Waals surface area contributed by atoms with Crippen molar-refractivity contribution < 1.29 is 32.6 Å². The Balaban J connectivity index is 1.53. The van der Waals surface area contributed by atoms with Crippen LogP contribution in [0.5, 0.6) is 17.2 Å². The number of fused-ring (bicyclic) bond motifs is 2. The summed E-state index contributed by atoms with van der Waals surface area (Å²) in [7, 11) is 3.01. The average Bonchev–Trinajstić information content (AvgIpc) is 3.39. The number of hydrogen-bond acceptors (Lipinski definition) is 6. The topological polar surface area (TPSA) is 79.7 Å². The Morgan fingerprint density at radius 1 is 0.854 bits per heavy atom. The zero-order valence-electron chi connectivity index (χ0n) is 21.9. The molecule has 4 aromatic carbocycles. The maximum atomic E-state index is 14.3. The molecule has 204 valence electrons. The first kappa shape index (κ1) is 25.9.